The van der Waals surface area contributed by atoms with Crippen molar-refractivity contribution in [1.82, 2.24) is 4.90 Å². The molecule has 0 saturated heterocycles. The monoisotopic (exact) mass is 377 g/mol. The highest BCUT2D eigenvalue weighted by molar-refractivity contribution is 5.87. The Morgan fingerprint density at radius 3 is 2.86 bits per heavy atom. The lowest BCUT2D eigenvalue weighted by molar-refractivity contribution is 0.0874. The van der Waals surface area contributed by atoms with E-state index in [0.717, 1.165) is 71.5 Å². The van der Waals surface area contributed by atoms with Crippen LogP contribution in [-0.2, 0) is 25.9 Å². The van der Waals surface area contributed by atoms with Crippen molar-refractivity contribution in [3.05, 3.63) is 68.6 Å². The molecule has 0 unspecified atom stereocenters. The summed E-state index contributed by atoms with van der Waals surface area (Å²) in [6, 6.07) is 10.2. The molecule has 3 aromatic rings. The number of hydrogen-bond donors (Lipinski definition) is 0. The van der Waals surface area contributed by atoms with Gasteiger partial charge in [-0.2, -0.15) is 0 Å². The molecule has 28 heavy (non-hydrogen) atoms. The third kappa shape index (κ3) is 2.69. The number of para-hydroxylation sites is 1. The lowest BCUT2D eigenvalue weighted by Crippen LogP contribution is -2.32. The number of ether oxygens (including phenoxy) is 2. The standard InChI is InChI=1S/C23H23NO4/c1-14-21-16(10-19-17-7-5-8-18(17)23(25)28-22(14)19)12-24(13-27-21)11-15-6-3-4-9-20(15)26-2/h3-4,6,9-10H,5,7-8,11-13H2,1-2H3. The molecule has 1 aliphatic carbocycles. The largest absolute Gasteiger partial charge is 0.496 e. The molecule has 0 saturated carbocycles. The Bertz CT molecular complexity index is 1130. The lowest BCUT2D eigenvalue weighted by Gasteiger charge is -2.30. The molecule has 0 amide bonds. The van der Waals surface area contributed by atoms with E-state index >= 15 is 0 Å². The average Bonchev–Trinajstić information content (AvgIpc) is 3.20. The van der Waals surface area contributed by atoms with E-state index in [9.17, 15) is 4.79 Å². The summed E-state index contributed by atoms with van der Waals surface area (Å²) in [6.07, 6.45) is 2.79. The fraction of sp³-hybridized carbons (Fsp3) is 0.348. The highest BCUT2D eigenvalue weighted by Crippen LogP contribution is 2.38. The van der Waals surface area contributed by atoms with E-state index in [0.29, 0.717) is 12.3 Å². The summed E-state index contributed by atoms with van der Waals surface area (Å²) < 4.78 is 17.3. The van der Waals surface area contributed by atoms with Gasteiger partial charge in [-0.15, -0.1) is 0 Å². The zero-order valence-corrected chi connectivity index (χ0v) is 16.2. The van der Waals surface area contributed by atoms with Crippen LogP contribution in [0.3, 0.4) is 0 Å². The van der Waals surface area contributed by atoms with Crippen LogP contribution in [0.4, 0.5) is 0 Å². The van der Waals surface area contributed by atoms with Gasteiger partial charge in [0.2, 0.25) is 0 Å². The molecule has 1 aliphatic heterocycles. The molecule has 0 atom stereocenters. The summed E-state index contributed by atoms with van der Waals surface area (Å²) >= 11 is 0. The van der Waals surface area contributed by atoms with E-state index in [1.807, 2.05) is 25.1 Å². The smallest absolute Gasteiger partial charge is 0.339 e. The second-order valence-electron chi connectivity index (χ2n) is 7.64. The average molecular weight is 377 g/mol. The number of fused-ring (bicyclic) bond motifs is 4. The summed E-state index contributed by atoms with van der Waals surface area (Å²) in [4.78, 5) is 14.6. The van der Waals surface area contributed by atoms with E-state index in [4.69, 9.17) is 13.9 Å². The summed E-state index contributed by atoms with van der Waals surface area (Å²) in [7, 11) is 1.70. The quantitative estimate of drug-likeness (QED) is 0.647. The normalized spacial score (nSPS) is 15.9. The SMILES string of the molecule is COc1ccccc1CN1COc2c(cc3c4c(c(=O)oc3c2C)CCC4)C1. The van der Waals surface area contributed by atoms with E-state index in [1.54, 1.807) is 7.11 Å². The van der Waals surface area contributed by atoms with Gasteiger partial charge in [-0.05, 0) is 43.9 Å². The fourth-order valence-corrected chi connectivity index (χ4v) is 4.56. The van der Waals surface area contributed by atoms with Gasteiger partial charge < -0.3 is 13.9 Å². The van der Waals surface area contributed by atoms with Crippen molar-refractivity contribution < 1.29 is 13.9 Å². The molecule has 2 aliphatic rings. The second kappa shape index (κ2) is 6.67. The van der Waals surface area contributed by atoms with Crippen molar-refractivity contribution in [3.8, 4) is 11.5 Å². The van der Waals surface area contributed by atoms with E-state index in [-0.39, 0.29) is 5.63 Å². The Morgan fingerprint density at radius 2 is 2.00 bits per heavy atom. The van der Waals surface area contributed by atoms with Crippen LogP contribution >= 0.6 is 0 Å². The molecule has 0 spiro atoms. The van der Waals surface area contributed by atoms with Crippen LogP contribution in [0.5, 0.6) is 11.5 Å². The van der Waals surface area contributed by atoms with Crippen molar-refractivity contribution in [2.75, 3.05) is 13.8 Å². The maximum absolute atomic E-state index is 12.3. The Labute approximate surface area is 163 Å². The van der Waals surface area contributed by atoms with Crippen molar-refractivity contribution >= 4 is 11.0 Å². The molecule has 0 fully saturated rings. The predicted octanol–water partition coefficient (Wildman–Crippen LogP) is 3.95. The molecular weight excluding hydrogens is 354 g/mol. The minimum absolute atomic E-state index is 0.184. The van der Waals surface area contributed by atoms with Gasteiger partial charge in [0, 0.05) is 40.7 Å². The molecular formula is C23H23NO4. The first-order valence-electron chi connectivity index (χ1n) is 9.74. The predicted molar refractivity (Wildman–Crippen MR) is 107 cm³/mol. The van der Waals surface area contributed by atoms with Crippen LogP contribution < -0.4 is 15.1 Å². The lowest BCUT2D eigenvalue weighted by atomic mass is 9.99. The first kappa shape index (κ1) is 17.3. The molecule has 5 nitrogen and oxygen atoms in total. The molecule has 2 aromatic carbocycles. The summed E-state index contributed by atoms with van der Waals surface area (Å²) in [5.41, 5.74) is 5.74. The number of methoxy groups -OCH3 is 1. The van der Waals surface area contributed by atoms with Gasteiger partial charge in [0.15, 0.2) is 0 Å². The highest BCUT2D eigenvalue weighted by atomic mass is 16.5. The molecule has 2 heterocycles. The summed E-state index contributed by atoms with van der Waals surface area (Å²) in [5, 5.41) is 1.08. The molecule has 0 radical (unpaired) electrons. The molecule has 1 aromatic heterocycles. The van der Waals surface area contributed by atoms with Crippen molar-refractivity contribution in [2.24, 2.45) is 0 Å². The van der Waals surface area contributed by atoms with Crippen molar-refractivity contribution in [3.63, 3.8) is 0 Å². The van der Waals surface area contributed by atoms with E-state index < -0.39 is 0 Å². The molecule has 5 rings (SSSR count). The van der Waals surface area contributed by atoms with Gasteiger partial charge in [-0.3, -0.25) is 4.90 Å². The molecule has 5 heteroatoms. The van der Waals surface area contributed by atoms with Crippen molar-refractivity contribution in [1.29, 1.82) is 0 Å². The van der Waals surface area contributed by atoms with Crippen LogP contribution in [0.1, 0.15) is 34.2 Å². The van der Waals surface area contributed by atoms with Gasteiger partial charge >= 0.3 is 5.63 Å². The Balaban J connectivity index is 1.54. The maximum Gasteiger partial charge on any atom is 0.339 e. The topological polar surface area (TPSA) is 51.9 Å². The van der Waals surface area contributed by atoms with Gasteiger partial charge in [-0.1, -0.05) is 18.2 Å². The number of hydrogen-bond acceptors (Lipinski definition) is 5. The Hall–Kier alpha value is -2.79. The zero-order valence-electron chi connectivity index (χ0n) is 16.2. The third-order valence-electron chi connectivity index (χ3n) is 5.89. The van der Waals surface area contributed by atoms with Crippen LogP contribution in [0.2, 0.25) is 0 Å². The first-order valence-corrected chi connectivity index (χ1v) is 9.74. The molecule has 144 valence electrons. The van der Waals surface area contributed by atoms with Gasteiger partial charge in [-0.25, -0.2) is 4.79 Å². The van der Waals surface area contributed by atoms with Gasteiger partial charge in [0.05, 0.1) is 7.11 Å². The first-order chi connectivity index (χ1) is 13.7. The molecule has 0 bridgehead atoms. The Kier molecular flexibility index (Phi) is 4.13. The number of rotatable bonds is 3. The van der Waals surface area contributed by atoms with Gasteiger partial charge in [0.1, 0.15) is 23.8 Å². The number of nitrogens with zero attached hydrogens (tertiary/aromatic N) is 1. The van der Waals surface area contributed by atoms with Crippen LogP contribution in [-0.4, -0.2) is 18.7 Å². The zero-order chi connectivity index (χ0) is 19.3. The summed E-state index contributed by atoms with van der Waals surface area (Å²) in [6.45, 7) is 4.02. The highest BCUT2D eigenvalue weighted by Gasteiger charge is 2.26. The number of benzene rings is 2. The van der Waals surface area contributed by atoms with Crippen LogP contribution in [0, 0.1) is 6.92 Å². The third-order valence-corrected chi connectivity index (χ3v) is 5.89. The van der Waals surface area contributed by atoms with Gasteiger partial charge in [0.25, 0.3) is 0 Å². The molecule has 0 N–H and O–H groups in total. The minimum atomic E-state index is -0.184. The Morgan fingerprint density at radius 1 is 1.18 bits per heavy atom. The fourth-order valence-electron chi connectivity index (χ4n) is 4.56. The summed E-state index contributed by atoms with van der Waals surface area (Å²) in [5.74, 6) is 1.74. The van der Waals surface area contributed by atoms with Crippen LogP contribution in [0.15, 0.2) is 39.5 Å². The number of aryl methyl sites for hydroxylation is 2. The van der Waals surface area contributed by atoms with Crippen LogP contribution in [0.25, 0.3) is 11.0 Å². The van der Waals surface area contributed by atoms with E-state index in [2.05, 4.69) is 17.0 Å². The van der Waals surface area contributed by atoms with E-state index in [1.165, 1.54) is 5.56 Å². The maximum atomic E-state index is 12.3. The second-order valence-corrected chi connectivity index (χ2v) is 7.64. The van der Waals surface area contributed by atoms with Crippen molar-refractivity contribution in [2.45, 2.75) is 39.3 Å². The minimum Gasteiger partial charge on any atom is -0.496 e.